The van der Waals surface area contributed by atoms with Crippen molar-refractivity contribution in [3.63, 3.8) is 0 Å². The first-order valence-electron chi connectivity index (χ1n) is 14.8. The maximum Gasteiger partial charge on any atom is 0.417 e. The summed E-state index contributed by atoms with van der Waals surface area (Å²) in [6.07, 6.45) is -6.06. The third kappa shape index (κ3) is 8.89. The molecule has 2 aromatic carbocycles. The van der Waals surface area contributed by atoms with Gasteiger partial charge in [-0.1, -0.05) is 29.3 Å². The lowest BCUT2D eigenvalue weighted by molar-refractivity contribution is -0.138. The largest absolute Gasteiger partial charge is 0.417 e. The quantitative estimate of drug-likeness (QED) is 0.168. The van der Waals surface area contributed by atoms with Crippen molar-refractivity contribution >= 4 is 66.2 Å². The van der Waals surface area contributed by atoms with Crippen molar-refractivity contribution < 1.29 is 52.3 Å². The fourth-order valence-electron chi connectivity index (χ4n) is 5.90. The third-order valence-electron chi connectivity index (χ3n) is 7.90. The highest BCUT2D eigenvalue weighted by Crippen LogP contribution is 2.49. The van der Waals surface area contributed by atoms with Gasteiger partial charge in [-0.05, 0) is 63.1 Å². The number of hydrogen-bond donors (Lipinski definition) is 2. The molecule has 2 aliphatic rings. The monoisotopic (exact) mass is 780 g/mol. The van der Waals surface area contributed by atoms with Crippen LogP contribution in [0.3, 0.4) is 0 Å². The van der Waals surface area contributed by atoms with E-state index in [4.69, 9.17) is 23.2 Å². The highest BCUT2D eigenvalue weighted by molar-refractivity contribution is 7.86. The van der Waals surface area contributed by atoms with Crippen LogP contribution in [0.5, 0.6) is 0 Å². The van der Waals surface area contributed by atoms with Crippen molar-refractivity contribution in [1.29, 1.82) is 0 Å². The highest BCUT2D eigenvalue weighted by Gasteiger charge is 2.41. The Morgan fingerprint density at radius 2 is 1.18 bits per heavy atom. The number of halogens is 8. The molecule has 20 heteroatoms. The molecule has 2 N–H and O–H groups in total. The zero-order valence-corrected chi connectivity index (χ0v) is 29.1. The van der Waals surface area contributed by atoms with Gasteiger partial charge in [0.1, 0.15) is 12.0 Å². The van der Waals surface area contributed by atoms with Crippen molar-refractivity contribution in [1.82, 2.24) is 0 Å². The van der Waals surface area contributed by atoms with E-state index in [0.717, 1.165) is 24.3 Å². The number of nitrogens with zero attached hydrogens (tertiary/aromatic N) is 4. The van der Waals surface area contributed by atoms with Gasteiger partial charge < -0.3 is 19.6 Å². The smallest absolute Gasteiger partial charge is 0.346 e. The van der Waals surface area contributed by atoms with Crippen LogP contribution in [0.15, 0.2) is 48.3 Å². The van der Waals surface area contributed by atoms with Crippen LogP contribution in [0.2, 0.25) is 10.0 Å². The minimum Gasteiger partial charge on any atom is -0.346 e. The maximum absolute atomic E-state index is 13.8. The molecule has 0 saturated carbocycles. The van der Waals surface area contributed by atoms with Crippen molar-refractivity contribution in [3.05, 3.63) is 69.5 Å². The first kappa shape index (κ1) is 38.9. The molecular weight excluding hydrogens is 749 g/mol. The topological polar surface area (TPSA) is 122 Å². The number of likely N-dealkylation sites (N-methyl/N-ethyl adjacent to an activating group) is 1. The molecule has 0 aromatic heterocycles. The summed E-state index contributed by atoms with van der Waals surface area (Å²) in [6, 6.07) is 4.03. The predicted octanol–water partition coefficient (Wildman–Crippen LogP) is 7.30. The van der Waals surface area contributed by atoms with Gasteiger partial charge in [-0.15, -0.1) is 0 Å². The Morgan fingerprint density at radius 1 is 0.714 bits per heavy atom. The molecule has 0 radical (unpaired) electrons. The maximum atomic E-state index is 13.8. The van der Waals surface area contributed by atoms with E-state index in [-0.39, 0.29) is 50.4 Å². The Balaban J connectivity index is 1.79. The van der Waals surface area contributed by atoms with Crippen molar-refractivity contribution in [2.75, 3.05) is 57.3 Å². The molecule has 2 aliphatic heterocycles. The van der Waals surface area contributed by atoms with Gasteiger partial charge in [0.15, 0.2) is 0 Å². The van der Waals surface area contributed by atoms with Gasteiger partial charge in [0.2, 0.25) is 0 Å². The first-order valence-corrected chi connectivity index (χ1v) is 18.7. The van der Waals surface area contributed by atoms with E-state index >= 15 is 0 Å². The van der Waals surface area contributed by atoms with Crippen LogP contribution in [0.4, 0.5) is 49.1 Å². The molecule has 0 amide bonds. The van der Waals surface area contributed by atoms with Gasteiger partial charge in [-0.2, -0.15) is 43.2 Å². The van der Waals surface area contributed by atoms with E-state index in [1.54, 1.807) is 29.7 Å². The summed E-state index contributed by atoms with van der Waals surface area (Å²) in [6.45, 7) is 3.74. The number of allylic oxidation sites excluding steroid dienone is 2. The average Bonchev–Trinajstić information content (AvgIpc) is 3.39. The van der Waals surface area contributed by atoms with Crippen LogP contribution in [0.25, 0.3) is 0 Å². The number of fused-ring (bicyclic) bond motifs is 2. The average molecular weight is 782 g/mol. The van der Waals surface area contributed by atoms with Gasteiger partial charge in [-0.25, -0.2) is 0 Å². The van der Waals surface area contributed by atoms with E-state index in [0.29, 0.717) is 17.2 Å². The summed E-state index contributed by atoms with van der Waals surface area (Å²) in [4.78, 5) is 6.31. The van der Waals surface area contributed by atoms with Gasteiger partial charge in [0.05, 0.1) is 55.4 Å². The Morgan fingerprint density at radius 3 is 1.67 bits per heavy atom. The molecule has 1 unspecified atom stereocenters. The van der Waals surface area contributed by atoms with E-state index in [2.05, 4.69) is 0 Å². The van der Waals surface area contributed by atoms with Gasteiger partial charge >= 0.3 is 12.4 Å². The fourth-order valence-corrected chi connectivity index (χ4v) is 7.42. The van der Waals surface area contributed by atoms with Gasteiger partial charge in [0.25, 0.3) is 20.2 Å². The zero-order chi connectivity index (χ0) is 36.7. The molecule has 2 heterocycles. The molecule has 0 aliphatic carbocycles. The lowest BCUT2D eigenvalue weighted by Gasteiger charge is -2.30. The molecule has 0 spiro atoms. The summed E-state index contributed by atoms with van der Waals surface area (Å²) < 4.78 is 147. The van der Waals surface area contributed by atoms with E-state index in [9.17, 15) is 52.3 Å². The first-order chi connectivity index (χ1) is 22.6. The Labute approximate surface area is 289 Å². The van der Waals surface area contributed by atoms with Crippen molar-refractivity contribution in [3.8, 4) is 0 Å². The second-order valence-corrected chi connectivity index (χ2v) is 15.1. The molecule has 0 bridgehead atoms. The minimum absolute atomic E-state index is 0.0816. The van der Waals surface area contributed by atoms with Crippen molar-refractivity contribution in [2.45, 2.75) is 45.2 Å². The second kappa shape index (κ2) is 14.4. The summed E-state index contributed by atoms with van der Waals surface area (Å²) in [5.74, 6) is -1.01. The van der Waals surface area contributed by atoms with Gasteiger partial charge in [0, 0.05) is 26.2 Å². The lowest BCUT2D eigenvalue weighted by Crippen LogP contribution is -2.42. The molecule has 1 atom stereocenters. The predicted molar refractivity (Wildman–Crippen MR) is 177 cm³/mol. The van der Waals surface area contributed by atoms with Crippen LogP contribution in [0, 0.1) is 0 Å². The fraction of sp³-hybridized carbons (Fsp3) is 0.448. The summed E-state index contributed by atoms with van der Waals surface area (Å²) in [5.41, 5.74) is -1.38. The standard InChI is InChI=1S/C29H32Cl2F6N4O6S2/c1-3-38-24-16-20(30)18(28(32,33)34)14-22(24)40(10-6-12-48(42,43)44)26(38)8-5-9-27-39(4-2)25-17-21(31)19(29(35,36)37)15-23(25)41(27)11-7-13-49(45,46)47/h5,8-9,14-17,26H,3-4,6-7,10-13H2,1-2H3,(H,42,43,44)(H,45,46,47). The molecule has 0 fully saturated rings. The van der Waals surface area contributed by atoms with Crippen LogP contribution < -0.4 is 19.6 Å². The third-order valence-corrected chi connectivity index (χ3v) is 10.1. The molecular formula is C29H32Cl2F6N4O6S2. The molecule has 10 nitrogen and oxygen atoms in total. The Hall–Kier alpha value is -2.90. The minimum atomic E-state index is -4.80. The van der Waals surface area contributed by atoms with E-state index in [1.807, 2.05) is 0 Å². The SMILES string of the molecule is CCN1C(=CC=CC2N(CC)c3cc(Cl)c(C(F)(F)F)cc3N2CCCS(=O)(=O)O)N(CCCS(=O)(=O)O)c2cc(C(F)(F)F)c(Cl)cc21. The van der Waals surface area contributed by atoms with Crippen molar-refractivity contribution in [2.24, 2.45) is 0 Å². The van der Waals surface area contributed by atoms with Crippen LogP contribution in [-0.2, 0) is 32.6 Å². The van der Waals surface area contributed by atoms with Crippen LogP contribution in [-0.4, -0.2) is 69.8 Å². The van der Waals surface area contributed by atoms with E-state index in [1.165, 1.54) is 22.0 Å². The molecule has 272 valence electrons. The zero-order valence-electron chi connectivity index (χ0n) is 25.9. The number of hydrogen-bond acceptors (Lipinski definition) is 8. The van der Waals surface area contributed by atoms with E-state index < -0.39 is 71.4 Å². The van der Waals surface area contributed by atoms with Gasteiger partial charge in [-0.3, -0.25) is 9.11 Å². The number of rotatable bonds is 12. The second-order valence-electron chi connectivity index (χ2n) is 11.1. The number of anilines is 4. The molecule has 49 heavy (non-hydrogen) atoms. The van der Waals surface area contributed by atoms with Crippen LogP contribution >= 0.6 is 23.2 Å². The number of benzene rings is 2. The summed E-state index contributed by atoms with van der Waals surface area (Å²) in [5, 5.41) is -1.10. The Kier molecular flexibility index (Phi) is 11.4. The normalized spacial score (nSPS) is 18.0. The molecule has 4 rings (SSSR count). The summed E-state index contributed by atoms with van der Waals surface area (Å²) in [7, 11) is -8.77. The Bertz CT molecular complexity index is 1860. The number of alkyl halides is 6. The lowest BCUT2D eigenvalue weighted by atomic mass is 10.1. The summed E-state index contributed by atoms with van der Waals surface area (Å²) >= 11 is 12.1. The molecule has 2 aromatic rings. The highest BCUT2D eigenvalue weighted by atomic mass is 35.5. The van der Waals surface area contributed by atoms with Crippen LogP contribution in [0.1, 0.15) is 37.8 Å². The molecule has 0 saturated heterocycles.